The van der Waals surface area contributed by atoms with E-state index in [4.69, 9.17) is 17.3 Å². The fraction of sp³-hybridized carbons (Fsp3) is 0.200. The van der Waals surface area contributed by atoms with Crippen LogP contribution in [0.5, 0.6) is 0 Å². The van der Waals surface area contributed by atoms with Crippen molar-refractivity contribution in [3.63, 3.8) is 0 Å². The molecule has 0 bridgehead atoms. The van der Waals surface area contributed by atoms with Crippen LogP contribution in [0.3, 0.4) is 0 Å². The molecule has 2 heterocycles. The lowest BCUT2D eigenvalue weighted by molar-refractivity contribution is 0.870. The zero-order valence-electron chi connectivity index (χ0n) is 7.98. The lowest BCUT2D eigenvalue weighted by Crippen LogP contribution is -2.05. The molecule has 0 radical (unpaired) electrons. The summed E-state index contributed by atoms with van der Waals surface area (Å²) in [5.74, 6) is 0. The van der Waals surface area contributed by atoms with E-state index in [9.17, 15) is 0 Å². The maximum absolute atomic E-state index is 5.85. The second-order valence-electron chi connectivity index (χ2n) is 3.05. The number of hydrogen-bond acceptors (Lipinski definition) is 4. The number of hydrogen-bond donors (Lipinski definition) is 1. The molecule has 0 unspecified atom stereocenters. The maximum Gasteiger partial charge on any atom is 0.103 e. The summed E-state index contributed by atoms with van der Waals surface area (Å²) < 4.78 is 0.762. The Balaban J connectivity index is 2.23. The summed E-state index contributed by atoms with van der Waals surface area (Å²) in [6, 6.07) is 7.69. The minimum Gasteiger partial charge on any atom is -0.330 e. The normalized spacial score (nSPS) is 10.5. The van der Waals surface area contributed by atoms with Crippen molar-refractivity contribution in [3.8, 4) is 10.6 Å². The van der Waals surface area contributed by atoms with E-state index in [2.05, 4.69) is 10.2 Å². The molecule has 15 heavy (non-hydrogen) atoms. The third-order valence-electron chi connectivity index (χ3n) is 1.95. The summed E-state index contributed by atoms with van der Waals surface area (Å²) in [6.45, 7) is 0.596. The summed E-state index contributed by atoms with van der Waals surface area (Å²) in [5, 5.41) is 8.21. The monoisotopic (exact) mass is 239 g/mol. The summed E-state index contributed by atoms with van der Waals surface area (Å²) in [5.41, 5.74) is 7.20. The van der Waals surface area contributed by atoms with Crippen LogP contribution in [0.1, 0.15) is 5.69 Å². The molecule has 78 valence electrons. The highest BCUT2D eigenvalue weighted by molar-refractivity contribution is 7.19. The third kappa shape index (κ3) is 2.53. The van der Waals surface area contributed by atoms with Crippen molar-refractivity contribution in [1.29, 1.82) is 0 Å². The van der Waals surface area contributed by atoms with Crippen molar-refractivity contribution < 1.29 is 0 Å². The lowest BCUT2D eigenvalue weighted by atomic mass is 10.2. The quantitative estimate of drug-likeness (QED) is 0.895. The summed E-state index contributed by atoms with van der Waals surface area (Å²) in [6.07, 6.45) is 0.762. The fourth-order valence-electron chi connectivity index (χ4n) is 1.22. The minimum absolute atomic E-state index is 0.596. The average Bonchev–Trinajstić information content (AvgIpc) is 2.67. The molecule has 5 heteroatoms. The Morgan fingerprint density at radius 3 is 2.60 bits per heavy atom. The zero-order chi connectivity index (χ0) is 10.7. The topological polar surface area (TPSA) is 51.8 Å². The number of rotatable bonds is 3. The van der Waals surface area contributed by atoms with Gasteiger partial charge < -0.3 is 5.73 Å². The van der Waals surface area contributed by atoms with Crippen molar-refractivity contribution in [2.75, 3.05) is 6.54 Å². The molecule has 2 rings (SSSR count). The minimum atomic E-state index is 0.596. The Kier molecular flexibility index (Phi) is 3.30. The maximum atomic E-state index is 5.85. The van der Waals surface area contributed by atoms with Gasteiger partial charge in [-0.3, -0.25) is 0 Å². The van der Waals surface area contributed by atoms with E-state index in [0.717, 1.165) is 27.0 Å². The van der Waals surface area contributed by atoms with Gasteiger partial charge in [0.15, 0.2) is 0 Å². The van der Waals surface area contributed by atoms with E-state index < -0.39 is 0 Å². The molecule has 0 aliphatic heterocycles. The van der Waals surface area contributed by atoms with Crippen molar-refractivity contribution in [2.24, 2.45) is 5.73 Å². The molecule has 0 aromatic carbocycles. The standard InChI is InChI=1S/C10H10ClN3S/c11-10-4-3-9(15-10)8-2-1-7(5-6-12)13-14-8/h1-4H,5-6,12H2. The number of aromatic nitrogens is 2. The van der Waals surface area contributed by atoms with Crippen LogP contribution in [0.2, 0.25) is 4.34 Å². The van der Waals surface area contributed by atoms with Gasteiger partial charge in [-0.1, -0.05) is 11.6 Å². The predicted molar refractivity (Wildman–Crippen MR) is 63.1 cm³/mol. The van der Waals surface area contributed by atoms with E-state index in [1.54, 1.807) is 0 Å². The summed E-state index contributed by atoms with van der Waals surface area (Å²) in [7, 11) is 0. The molecule has 0 fully saturated rings. The van der Waals surface area contributed by atoms with Gasteiger partial charge in [-0.05, 0) is 30.8 Å². The molecule has 2 aromatic heterocycles. The number of thiophene rings is 1. The fourth-order valence-corrected chi connectivity index (χ4v) is 2.23. The first-order chi connectivity index (χ1) is 7.29. The van der Waals surface area contributed by atoms with Crippen LogP contribution in [-0.2, 0) is 6.42 Å². The largest absolute Gasteiger partial charge is 0.330 e. The van der Waals surface area contributed by atoms with Crippen molar-refractivity contribution in [2.45, 2.75) is 6.42 Å². The first-order valence-electron chi connectivity index (χ1n) is 4.58. The molecule has 2 N–H and O–H groups in total. The van der Waals surface area contributed by atoms with E-state index >= 15 is 0 Å². The van der Waals surface area contributed by atoms with Gasteiger partial charge in [-0.2, -0.15) is 5.10 Å². The number of nitrogens with two attached hydrogens (primary N) is 1. The van der Waals surface area contributed by atoms with Crippen LogP contribution in [-0.4, -0.2) is 16.7 Å². The zero-order valence-corrected chi connectivity index (χ0v) is 9.55. The molecule has 0 amide bonds. The predicted octanol–water partition coefficient (Wildman–Crippen LogP) is 2.36. The molecule has 0 aliphatic carbocycles. The number of nitrogens with zero attached hydrogens (tertiary/aromatic N) is 2. The third-order valence-corrected chi connectivity index (χ3v) is 3.20. The van der Waals surface area contributed by atoms with Crippen LogP contribution in [0.25, 0.3) is 10.6 Å². The van der Waals surface area contributed by atoms with Crippen LogP contribution in [0.15, 0.2) is 24.3 Å². The second-order valence-corrected chi connectivity index (χ2v) is 4.77. The van der Waals surface area contributed by atoms with Crippen LogP contribution in [0, 0.1) is 0 Å². The molecule has 0 spiro atoms. The first kappa shape index (κ1) is 10.5. The van der Waals surface area contributed by atoms with Gasteiger partial charge in [0, 0.05) is 6.42 Å². The van der Waals surface area contributed by atoms with Gasteiger partial charge in [0.2, 0.25) is 0 Å². The Morgan fingerprint density at radius 1 is 1.20 bits per heavy atom. The van der Waals surface area contributed by atoms with E-state index in [1.807, 2.05) is 24.3 Å². The highest BCUT2D eigenvalue weighted by atomic mass is 35.5. The molecule has 0 atom stereocenters. The smallest absolute Gasteiger partial charge is 0.103 e. The molecule has 0 saturated heterocycles. The van der Waals surface area contributed by atoms with Gasteiger partial charge >= 0.3 is 0 Å². The van der Waals surface area contributed by atoms with Gasteiger partial charge in [-0.15, -0.1) is 16.4 Å². The van der Waals surface area contributed by atoms with Crippen molar-refractivity contribution in [3.05, 3.63) is 34.3 Å². The SMILES string of the molecule is NCCc1ccc(-c2ccc(Cl)s2)nn1. The molecule has 3 nitrogen and oxygen atoms in total. The van der Waals surface area contributed by atoms with E-state index in [0.29, 0.717) is 6.54 Å². The molecule has 2 aromatic rings. The number of halogens is 1. The Morgan fingerprint density at radius 2 is 2.07 bits per heavy atom. The van der Waals surface area contributed by atoms with Gasteiger partial charge in [0.25, 0.3) is 0 Å². The van der Waals surface area contributed by atoms with Gasteiger partial charge in [0.1, 0.15) is 5.69 Å². The van der Waals surface area contributed by atoms with Gasteiger partial charge in [-0.25, -0.2) is 0 Å². The molecule has 0 saturated carbocycles. The highest BCUT2D eigenvalue weighted by Crippen LogP contribution is 2.29. The first-order valence-corrected chi connectivity index (χ1v) is 5.77. The van der Waals surface area contributed by atoms with Crippen LogP contribution in [0.4, 0.5) is 0 Å². The van der Waals surface area contributed by atoms with Crippen molar-refractivity contribution in [1.82, 2.24) is 10.2 Å². The van der Waals surface area contributed by atoms with Crippen LogP contribution < -0.4 is 5.73 Å². The van der Waals surface area contributed by atoms with Crippen molar-refractivity contribution >= 4 is 22.9 Å². The highest BCUT2D eigenvalue weighted by Gasteiger charge is 2.03. The van der Waals surface area contributed by atoms with E-state index in [-0.39, 0.29) is 0 Å². The molecular formula is C10H10ClN3S. The van der Waals surface area contributed by atoms with E-state index in [1.165, 1.54) is 11.3 Å². The Labute approximate surface area is 96.9 Å². The Hall–Kier alpha value is -0.970. The van der Waals surface area contributed by atoms with Crippen LogP contribution >= 0.6 is 22.9 Å². The van der Waals surface area contributed by atoms with Gasteiger partial charge in [0.05, 0.1) is 14.9 Å². The lowest BCUT2D eigenvalue weighted by Gasteiger charge is -1.98. The molecule has 0 aliphatic rings. The summed E-state index contributed by atoms with van der Waals surface area (Å²) >= 11 is 7.34. The Bertz CT molecular complexity index is 438. The molecular weight excluding hydrogens is 230 g/mol. The average molecular weight is 240 g/mol. The summed E-state index contributed by atoms with van der Waals surface area (Å²) in [4.78, 5) is 1.03. The second kappa shape index (κ2) is 4.70.